The third-order valence-corrected chi connectivity index (χ3v) is 4.94. The van der Waals surface area contributed by atoms with E-state index in [2.05, 4.69) is 5.32 Å². The monoisotopic (exact) mass is 305 g/mol. The molecule has 0 unspecified atom stereocenters. The van der Waals surface area contributed by atoms with Crippen molar-refractivity contribution in [2.75, 3.05) is 0 Å². The van der Waals surface area contributed by atoms with Crippen LogP contribution in [-0.4, -0.2) is 17.7 Å². The highest BCUT2D eigenvalue weighted by atomic mass is 16.1. The summed E-state index contributed by atoms with van der Waals surface area (Å²) in [4.78, 5) is 25.3. The predicted molar refractivity (Wildman–Crippen MR) is 89.6 cm³/mol. The molecule has 1 fully saturated rings. The van der Waals surface area contributed by atoms with Crippen molar-refractivity contribution in [3.8, 4) is 11.1 Å². The number of ketones is 1. The number of rotatable bonds is 2. The van der Waals surface area contributed by atoms with E-state index in [9.17, 15) is 9.59 Å². The van der Waals surface area contributed by atoms with Gasteiger partial charge in [-0.25, -0.2) is 0 Å². The minimum absolute atomic E-state index is 0.0166. The molecular formula is C20H19NO2. The molecule has 0 bridgehead atoms. The number of nitrogens with one attached hydrogen (secondary N) is 1. The molecule has 0 aromatic heterocycles. The second-order valence-electron chi connectivity index (χ2n) is 6.41. The lowest BCUT2D eigenvalue weighted by Crippen LogP contribution is -2.36. The van der Waals surface area contributed by atoms with Crippen LogP contribution in [0.25, 0.3) is 11.1 Å². The lowest BCUT2D eigenvalue weighted by Gasteiger charge is -2.23. The summed E-state index contributed by atoms with van der Waals surface area (Å²) in [5.74, 6) is -0.0406. The summed E-state index contributed by atoms with van der Waals surface area (Å²) in [5, 5.41) is 3.16. The van der Waals surface area contributed by atoms with E-state index in [0.29, 0.717) is 16.7 Å². The second-order valence-corrected chi connectivity index (χ2v) is 6.41. The standard InChI is InChI=1S/C20H19NO2/c22-19-15-10-5-4-9-14(15)18-16(19)11-6-12-17(18)20(23)21-13-7-2-1-3-8-13/h4-6,9-13H,1-3,7-8H2,(H,21,23). The largest absolute Gasteiger partial charge is 0.349 e. The fraction of sp³-hybridized carbons (Fsp3) is 0.300. The van der Waals surface area contributed by atoms with Crippen LogP contribution >= 0.6 is 0 Å². The first-order chi connectivity index (χ1) is 11.3. The van der Waals surface area contributed by atoms with E-state index in [1.54, 1.807) is 6.07 Å². The van der Waals surface area contributed by atoms with Gasteiger partial charge < -0.3 is 5.32 Å². The van der Waals surface area contributed by atoms with Crippen LogP contribution in [0.3, 0.4) is 0 Å². The Labute approximate surface area is 135 Å². The van der Waals surface area contributed by atoms with Crippen LogP contribution in [0.15, 0.2) is 42.5 Å². The van der Waals surface area contributed by atoms with Crippen LogP contribution in [0.5, 0.6) is 0 Å². The molecule has 0 saturated heterocycles. The molecule has 0 spiro atoms. The second kappa shape index (κ2) is 5.65. The summed E-state index contributed by atoms with van der Waals surface area (Å²) in [6, 6.07) is 13.2. The molecule has 2 aliphatic rings. The molecular weight excluding hydrogens is 286 g/mol. The van der Waals surface area contributed by atoms with Crippen molar-refractivity contribution in [3.05, 3.63) is 59.2 Å². The predicted octanol–water partition coefficient (Wildman–Crippen LogP) is 3.96. The summed E-state index contributed by atoms with van der Waals surface area (Å²) >= 11 is 0. The first-order valence-electron chi connectivity index (χ1n) is 8.33. The topological polar surface area (TPSA) is 46.2 Å². The number of benzene rings is 2. The fourth-order valence-electron chi connectivity index (χ4n) is 3.78. The van der Waals surface area contributed by atoms with Gasteiger partial charge in [-0.05, 0) is 24.5 Å². The molecule has 1 amide bonds. The summed E-state index contributed by atoms with van der Waals surface area (Å²) < 4.78 is 0. The molecule has 116 valence electrons. The zero-order valence-corrected chi connectivity index (χ0v) is 13.0. The molecule has 4 rings (SSSR count). The number of fused-ring (bicyclic) bond motifs is 3. The third-order valence-electron chi connectivity index (χ3n) is 4.94. The van der Waals surface area contributed by atoms with Gasteiger partial charge in [-0.3, -0.25) is 9.59 Å². The molecule has 2 aromatic rings. The third kappa shape index (κ3) is 2.37. The first kappa shape index (κ1) is 14.2. The van der Waals surface area contributed by atoms with Crippen molar-refractivity contribution >= 4 is 11.7 Å². The molecule has 23 heavy (non-hydrogen) atoms. The van der Waals surface area contributed by atoms with Gasteiger partial charge in [0.15, 0.2) is 5.78 Å². The summed E-state index contributed by atoms with van der Waals surface area (Å²) in [7, 11) is 0. The number of hydrogen-bond donors (Lipinski definition) is 1. The maximum Gasteiger partial charge on any atom is 0.252 e. The van der Waals surface area contributed by atoms with Crippen LogP contribution in [0.4, 0.5) is 0 Å². The van der Waals surface area contributed by atoms with Crippen LogP contribution in [-0.2, 0) is 0 Å². The maximum absolute atomic E-state index is 12.8. The average molecular weight is 305 g/mol. The van der Waals surface area contributed by atoms with Crippen molar-refractivity contribution in [3.63, 3.8) is 0 Å². The van der Waals surface area contributed by atoms with Gasteiger partial charge in [0.1, 0.15) is 0 Å². The Bertz CT molecular complexity index is 788. The maximum atomic E-state index is 12.8. The van der Waals surface area contributed by atoms with Gasteiger partial charge in [-0.2, -0.15) is 0 Å². The highest BCUT2D eigenvalue weighted by Crippen LogP contribution is 2.38. The Morgan fingerprint density at radius 2 is 1.57 bits per heavy atom. The van der Waals surface area contributed by atoms with Crippen LogP contribution < -0.4 is 5.32 Å². The molecule has 1 saturated carbocycles. The van der Waals surface area contributed by atoms with Crippen molar-refractivity contribution in [1.82, 2.24) is 5.32 Å². The summed E-state index contributed by atoms with van der Waals surface area (Å²) in [5.41, 5.74) is 3.62. The number of carbonyl (C=O) groups is 2. The van der Waals surface area contributed by atoms with Gasteiger partial charge in [0.05, 0.1) is 0 Å². The zero-order valence-electron chi connectivity index (χ0n) is 13.0. The molecule has 0 heterocycles. The lowest BCUT2D eigenvalue weighted by molar-refractivity contribution is 0.0928. The molecule has 3 heteroatoms. The van der Waals surface area contributed by atoms with Crippen molar-refractivity contribution in [1.29, 1.82) is 0 Å². The van der Waals surface area contributed by atoms with E-state index in [0.717, 1.165) is 24.0 Å². The van der Waals surface area contributed by atoms with Crippen LogP contribution in [0.1, 0.15) is 58.4 Å². The molecule has 3 nitrogen and oxygen atoms in total. The van der Waals surface area contributed by atoms with Gasteiger partial charge in [0.2, 0.25) is 0 Å². The summed E-state index contributed by atoms with van der Waals surface area (Å²) in [6.45, 7) is 0. The smallest absolute Gasteiger partial charge is 0.252 e. The van der Waals surface area contributed by atoms with E-state index in [1.807, 2.05) is 36.4 Å². The average Bonchev–Trinajstić information content (AvgIpc) is 2.89. The quantitative estimate of drug-likeness (QED) is 0.779. The summed E-state index contributed by atoms with van der Waals surface area (Å²) in [6.07, 6.45) is 5.72. The Morgan fingerprint density at radius 3 is 2.35 bits per heavy atom. The van der Waals surface area contributed by atoms with E-state index in [-0.39, 0.29) is 17.7 Å². The van der Waals surface area contributed by atoms with Crippen molar-refractivity contribution < 1.29 is 9.59 Å². The fourth-order valence-corrected chi connectivity index (χ4v) is 3.78. The highest BCUT2D eigenvalue weighted by Gasteiger charge is 2.30. The van der Waals surface area contributed by atoms with E-state index in [1.165, 1.54) is 19.3 Å². The molecule has 0 radical (unpaired) electrons. The van der Waals surface area contributed by atoms with Crippen LogP contribution in [0.2, 0.25) is 0 Å². The van der Waals surface area contributed by atoms with Gasteiger partial charge in [-0.1, -0.05) is 55.7 Å². The van der Waals surface area contributed by atoms with E-state index in [4.69, 9.17) is 0 Å². The number of hydrogen-bond acceptors (Lipinski definition) is 2. The van der Waals surface area contributed by atoms with Crippen molar-refractivity contribution in [2.24, 2.45) is 0 Å². The molecule has 0 atom stereocenters. The van der Waals surface area contributed by atoms with Gasteiger partial charge >= 0.3 is 0 Å². The lowest BCUT2D eigenvalue weighted by atomic mass is 9.94. The molecule has 1 N–H and O–H groups in total. The van der Waals surface area contributed by atoms with Gasteiger partial charge in [-0.15, -0.1) is 0 Å². The van der Waals surface area contributed by atoms with E-state index < -0.39 is 0 Å². The number of carbonyl (C=O) groups excluding carboxylic acids is 2. The molecule has 0 aliphatic heterocycles. The van der Waals surface area contributed by atoms with Gasteiger partial charge in [0, 0.05) is 28.3 Å². The Balaban J connectivity index is 1.72. The normalized spacial score (nSPS) is 16.8. The first-order valence-corrected chi connectivity index (χ1v) is 8.33. The zero-order chi connectivity index (χ0) is 15.8. The SMILES string of the molecule is O=C(NC1CCCCC1)c1cccc2c1-c1ccccc1C2=O. The minimum Gasteiger partial charge on any atom is -0.349 e. The van der Waals surface area contributed by atoms with E-state index >= 15 is 0 Å². The van der Waals surface area contributed by atoms with Gasteiger partial charge in [0.25, 0.3) is 5.91 Å². The highest BCUT2D eigenvalue weighted by molar-refractivity contribution is 6.24. The minimum atomic E-state index is -0.0572. The molecule has 2 aromatic carbocycles. The number of amides is 1. The Morgan fingerprint density at radius 1 is 0.870 bits per heavy atom. The Kier molecular flexibility index (Phi) is 3.49. The van der Waals surface area contributed by atoms with Crippen molar-refractivity contribution in [2.45, 2.75) is 38.1 Å². The molecule has 2 aliphatic carbocycles. The van der Waals surface area contributed by atoms with Crippen LogP contribution in [0, 0.1) is 0 Å². The Hall–Kier alpha value is -2.42.